The molecule has 126 valence electrons. The highest BCUT2D eigenvalue weighted by atomic mass is 16.5. The molecule has 2 aliphatic rings. The molecule has 1 aromatic heterocycles. The third kappa shape index (κ3) is 3.45. The molecule has 3 rings (SSSR count). The molecule has 0 spiro atoms. The van der Waals surface area contributed by atoms with Crippen LogP contribution in [0.2, 0.25) is 0 Å². The molecule has 23 heavy (non-hydrogen) atoms. The van der Waals surface area contributed by atoms with Gasteiger partial charge in [-0.15, -0.1) is 0 Å². The van der Waals surface area contributed by atoms with Crippen molar-refractivity contribution in [1.29, 1.82) is 0 Å². The van der Waals surface area contributed by atoms with E-state index in [1.165, 1.54) is 0 Å². The maximum absolute atomic E-state index is 12.7. The number of likely N-dealkylation sites (tertiary alicyclic amines) is 1. The summed E-state index contributed by atoms with van der Waals surface area (Å²) in [6.07, 6.45) is 3.21. The molecule has 0 unspecified atom stereocenters. The first kappa shape index (κ1) is 16.1. The Bertz CT molecular complexity index is 560. The van der Waals surface area contributed by atoms with Gasteiger partial charge in [-0.25, -0.2) is 9.97 Å². The van der Waals surface area contributed by atoms with E-state index in [9.17, 15) is 9.90 Å². The minimum Gasteiger partial charge on any atom is -0.396 e. The van der Waals surface area contributed by atoms with Gasteiger partial charge in [-0.05, 0) is 12.8 Å². The zero-order valence-corrected chi connectivity index (χ0v) is 13.6. The van der Waals surface area contributed by atoms with E-state index in [1.54, 1.807) is 11.1 Å². The summed E-state index contributed by atoms with van der Waals surface area (Å²) < 4.78 is 5.35. The zero-order chi connectivity index (χ0) is 16.2. The molecular formula is C16H24N4O3. The van der Waals surface area contributed by atoms with E-state index < -0.39 is 0 Å². The summed E-state index contributed by atoms with van der Waals surface area (Å²) in [5.74, 6) is 0.847. The summed E-state index contributed by atoms with van der Waals surface area (Å²) in [5, 5.41) is 9.24. The maximum Gasteiger partial charge on any atom is 0.257 e. The van der Waals surface area contributed by atoms with E-state index in [0.717, 1.165) is 25.2 Å². The minimum atomic E-state index is -0.0219. The van der Waals surface area contributed by atoms with Gasteiger partial charge in [-0.2, -0.15) is 0 Å². The van der Waals surface area contributed by atoms with Gasteiger partial charge in [0.15, 0.2) is 0 Å². The number of nitrogens with zero attached hydrogens (tertiary/aromatic N) is 4. The first-order valence-electron chi connectivity index (χ1n) is 8.31. The lowest BCUT2D eigenvalue weighted by atomic mass is 10.1. The number of hydrogen-bond acceptors (Lipinski definition) is 6. The Labute approximate surface area is 136 Å². The molecule has 1 amide bonds. The fourth-order valence-corrected chi connectivity index (χ4v) is 3.11. The standard InChI is InChI=1S/C16H24N4O3/c1-2-14-13(15(22)20-4-3-12(10-20)11-21)9-17-16(18-14)19-5-7-23-8-6-19/h9,12,21H,2-8,10-11H2,1H3/t12-/m0/s1. The number of ether oxygens (including phenoxy) is 1. The van der Waals surface area contributed by atoms with E-state index in [-0.39, 0.29) is 18.4 Å². The van der Waals surface area contributed by atoms with Gasteiger partial charge in [0.2, 0.25) is 5.95 Å². The molecular weight excluding hydrogens is 296 g/mol. The Hall–Kier alpha value is -1.73. The minimum absolute atomic E-state index is 0.0219. The number of aliphatic hydroxyl groups is 1. The van der Waals surface area contributed by atoms with Crippen molar-refractivity contribution in [3.63, 3.8) is 0 Å². The fraction of sp³-hybridized carbons (Fsp3) is 0.688. The smallest absolute Gasteiger partial charge is 0.257 e. The van der Waals surface area contributed by atoms with Crippen LogP contribution in [0.1, 0.15) is 29.4 Å². The summed E-state index contributed by atoms with van der Waals surface area (Å²) in [6, 6.07) is 0. The van der Waals surface area contributed by atoms with Gasteiger partial charge < -0.3 is 19.6 Å². The van der Waals surface area contributed by atoms with Crippen molar-refractivity contribution in [2.24, 2.45) is 5.92 Å². The highest BCUT2D eigenvalue weighted by Crippen LogP contribution is 2.21. The van der Waals surface area contributed by atoms with Gasteiger partial charge in [0.1, 0.15) is 0 Å². The second-order valence-corrected chi connectivity index (χ2v) is 6.07. The van der Waals surface area contributed by atoms with E-state index in [1.807, 2.05) is 6.92 Å². The van der Waals surface area contributed by atoms with E-state index in [0.29, 0.717) is 44.2 Å². The van der Waals surface area contributed by atoms with E-state index in [4.69, 9.17) is 4.74 Å². The fourth-order valence-electron chi connectivity index (χ4n) is 3.11. The lowest BCUT2D eigenvalue weighted by molar-refractivity contribution is 0.0779. The van der Waals surface area contributed by atoms with Gasteiger partial charge in [0, 0.05) is 44.9 Å². The quantitative estimate of drug-likeness (QED) is 0.861. The van der Waals surface area contributed by atoms with Crippen molar-refractivity contribution in [3.8, 4) is 0 Å². The highest BCUT2D eigenvalue weighted by molar-refractivity contribution is 5.95. The number of aromatic nitrogens is 2. The summed E-state index contributed by atoms with van der Waals surface area (Å²) in [4.78, 5) is 25.6. The predicted molar refractivity (Wildman–Crippen MR) is 85.5 cm³/mol. The molecule has 0 saturated carbocycles. The second-order valence-electron chi connectivity index (χ2n) is 6.07. The third-order valence-corrected chi connectivity index (χ3v) is 4.55. The maximum atomic E-state index is 12.7. The van der Waals surface area contributed by atoms with Crippen molar-refractivity contribution in [2.45, 2.75) is 19.8 Å². The van der Waals surface area contributed by atoms with Crippen LogP contribution in [0.4, 0.5) is 5.95 Å². The predicted octanol–water partition coefficient (Wildman–Crippen LogP) is 0.330. The number of carbonyl (C=O) groups excluding carboxylic acids is 1. The van der Waals surface area contributed by atoms with E-state index >= 15 is 0 Å². The van der Waals surface area contributed by atoms with Gasteiger partial charge >= 0.3 is 0 Å². The summed E-state index contributed by atoms with van der Waals surface area (Å²) in [6.45, 7) is 6.37. The Morgan fingerprint density at radius 2 is 2.17 bits per heavy atom. The van der Waals surface area contributed by atoms with Crippen molar-refractivity contribution in [1.82, 2.24) is 14.9 Å². The number of aliphatic hydroxyl groups excluding tert-OH is 1. The van der Waals surface area contributed by atoms with Crippen molar-refractivity contribution in [3.05, 3.63) is 17.5 Å². The topological polar surface area (TPSA) is 78.8 Å². The first-order chi connectivity index (χ1) is 11.2. The van der Waals surface area contributed by atoms with Gasteiger partial charge in [0.05, 0.1) is 24.5 Å². The lowest BCUT2D eigenvalue weighted by Gasteiger charge is -2.27. The zero-order valence-electron chi connectivity index (χ0n) is 13.6. The first-order valence-corrected chi connectivity index (χ1v) is 8.31. The van der Waals surface area contributed by atoms with Crippen LogP contribution in [0.25, 0.3) is 0 Å². The summed E-state index contributed by atoms with van der Waals surface area (Å²) >= 11 is 0. The van der Waals surface area contributed by atoms with Crippen LogP contribution in [0, 0.1) is 5.92 Å². The average molecular weight is 320 g/mol. The number of carbonyl (C=O) groups is 1. The van der Waals surface area contributed by atoms with Gasteiger partial charge in [-0.1, -0.05) is 6.92 Å². The molecule has 7 nitrogen and oxygen atoms in total. The summed E-state index contributed by atoms with van der Waals surface area (Å²) in [7, 11) is 0. The monoisotopic (exact) mass is 320 g/mol. The number of hydrogen-bond donors (Lipinski definition) is 1. The van der Waals surface area contributed by atoms with Crippen LogP contribution < -0.4 is 4.90 Å². The molecule has 0 bridgehead atoms. The number of amides is 1. The Balaban J connectivity index is 1.78. The Morgan fingerprint density at radius 3 is 2.83 bits per heavy atom. The molecule has 1 N–H and O–H groups in total. The van der Waals surface area contributed by atoms with Gasteiger partial charge in [-0.3, -0.25) is 4.79 Å². The van der Waals surface area contributed by atoms with Crippen LogP contribution in [0.15, 0.2) is 6.20 Å². The number of morpholine rings is 1. The SMILES string of the molecule is CCc1nc(N2CCOCC2)ncc1C(=O)N1CC[C@H](CO)C1. The molecule has 3 heterocycles. The summed E-state index contributed by atoms with van der Waals surface area (Å²) in [5.41, 5.74) is 1.38. The number of aryl methyl sites for hydroxylation is 1. The van der Waals surface area contributed by atoms with Crippen molar-refractivity contribution in [2.75, 3.05) is 50.9 Å². The Kier molecular flexibility index (Phi) is 5.07. The van der Waals surface area contributed by atoms with Crippen LogP contribution in [0.5, 0.6) is 0 Å². The van der Waals surface area contributed by atoms with Crippen LogP contribution in [-0.4, -0.2) is 71.9 Å². The van der Waals surface area contributed by atoms with Gasteiger partial charge in [0.25, 0.3) is 5.91 Å². The van der Waals surface area contributed by atoms with Crippen LogP contribution >= 0.6 is 0 Å². The number of rotatable bonds is 4. The molecule has 0 aromatic carbocycles. The third-order valence-electron chi connectivity index (χ3n) is 4.55. The van der Waals surface area contributed by atoms with E-state index in [2.05, 4.69) is 14.9 Å². The van der Waals surface area contributed by atoms with Crippen LogP contribution in [0.3, 0.4) is 0 Å². The molecule has 2 aliphatic heterocycles. The molecule has 1 aromatic rings. The second kappa shape index (κ2) is 7.23. The highest BCUT2D eigenvalue weighted by Gasteiger charge is 2.28. The molecule has 7 heteroatoms. The largest absolute Gasteiger partial charge is 0.396 e. The van der Waals surface area contributed by atoms with Crippen molar-refractivity contribution < 1.29 is 14.6 Å². The number of anilines is 1. The molecule has 0 radical (unpaired) electrons. The van der Waals surface area contributed by atoms with Crippen LogP contribution in [-0.2, 0) is 11.2 Å². The Morgan fingerprint density at radius 1 is 1.39 bits per heavy atom. The molecule has 2 fully saturated rings. The average Bonchev–Trinajstić information content (AvgIpc) is 3.10. The molecule has 1 atom stereocenters. The lowest BCUT2D eigenvalue weighted by Crippen LogP contribution is -2.38. The molecule has 0 aliphatic carbocycles. The molecule has 2 saturated heterocycles. The van der Waals surface area contributed by atoms with Crippen molar-refractivity contribution >= 4 is 11.9 Å². The normalized spacial score (nSPS) is 21.7.